The molecular formula is C25H20O7Si. The molecule has 0 unspecified atom stereocenters. The van der Waals surface area contributed by atoms with E-state index in [1.807, 2.05) is 0 Å². The van der Waals surface area contributed by atoms with Crippen molar-refractivity contribution in [3.8, 4) is 23.0 Å². The summed E-state index contributed by atoms with van der Waals surface area (Å²) in [6, 6.07) is 8.22. The van der Waals surface area contributed by atoms with Crippen LogP contribution in [-0.4, -0.2) is 27.1 Å². The van der Waals surface area contributed by atoms with Crippen LogP contribution < -0.4 is 16.0 Å². The molecule has 0 bridgehead atoms. The van der Waals surface area contributed by atoms with Gasteiger partial charge in [0.15, 0.2) is 12.4 Å². The van der Waals surface area contributed by atoms with E-state index >= 15 is 0 Å². The van der Waals surface area contributed by atoms with E-state index in [9.17, 15) is 14.7 Å². The minimum absolute atomic E-state index is 0.0483. The maximum Gasteiger partial charge on any atom is 0.348 e. The van der Waals surface area contributed by atoms with Gasteiger partial charge in [-0.1, -0.05) is 37.7 Å². The van der Waals surface area contributed by atoms with Gasteiger partial charge in [0.2, 0.25) is 0 Å². The first kappa shape index (κ1) is 21.1. The van der Waals surface area contributed by atoms with Crippen LogP contribution in [0.25, 0.3) is 43.5 Å². The summed E-state index contributed by atoms with van der Waals surface area (Å²) in [5.74, 6) is 3.17. The third-order valence-corrected chi connectivity index (χ3v) is 6.19. The second-order valence-electron chi connectivity index (χ2n) is 8.83. The van der Waals surface area contributed by atoms with E-state index in [4.69, 9.17) is 18.3 Å². The highest BCUT2D eigenvalue weighted by Crippen LogP contribution is 2.44. The summed E-state index contributed by atoms with van der Waals surface area (Å²) >= 11 is 0. The van der Waals surface area contributed by atoms with Crippen LogP contribution in [0.3, 0.4) is 0 Å². The van der Waals surface area contributed by atoms with Gasteiger partial charge in [0.05, 0.1) is 10.8 Å². The molecule has 1 N–H and O–H groups in total. The first-order valence-electron chi connectivity index (χ1n) is 10.3. The maximum absolute atomic E-state index is 13.1. The molecule has 3 aromatic carbocycles. The fourth-order valence-electron chi connectivity index (χ4n) is 3.98. The van der Waals surface area contributed by atoms with Crippen molar-refractivity contribution in [1.82, 2.24) is 0 Å². The molecule has 0 radical (unpaired) electrons. The minimum atomic E-state index is -1.68. The van der Waals surface area contributed by atoms with Gasteiger partial charge in [0.1, 0.15) is 30.5 Å². The van der Waals surface area contributed by atoms with Crippen molar-refractivity contribution in [2.24, 2.45) is 0 Å². The number of phenolic OH excluding ortho intramolecular Hbond substituents is 1. The van der Waals surface area contributed by atoms with E-state index < -0.39 is 19.3 Å². The molecule has 5 rings (SSSR count). The Morgan fingerprint density at radius 3 is 2.48 bits per heavy atom. The monoisotopic (exact) mass is 460 g/mol. The average molecular weight is 461 g/mol. The van der Waals surface area contributed by atoms with Gasteiger partial charge in [0, 0.05) is 28.8 Å². The second kappa shape index (κ2) is 7.37. The number of aromatic hydroxyl groups is 1. The van der Waals surface area contributed by atoms with Gasteiger partial charge in [-0.25, -0.2) is 9.59 Å². The van der Waals surface area contributed by atoms with Gasteiger partial charge in [-0.2, -0.15) is 0 Å². The Hall–Kier alpha value is -3.80. The van der Waals surface area contributed by atoms with Crippen LogP contribution in [0.15, 0.2) is 48.8 Å². The molecule has 2 heterocycles. The highest BCUT2D eigenvalue weighted by Gasteiger charge is 2.25. The van der Waals surface area contributed by atoms with Gasteiger partial charge in [0.25, 0.3) is 0 Å². The van der Waals surface area contributed by atoms with Gasteiger partial charge >= 0.3 is 11.3 Å². The van der Waals surface area contributed by atoms with Crippen molar-refractivity contribution in [2.75, 3.05) is 13.9 Å². The third kappa shape index (κ3) is 3.33. The Labute approximate surface area is 188 Å². The van der Waals surface area contributed by atoms with Crippen LogP contribution in [0.1, 0.15) is 5.56 Å². The summed E-state index contributed by atoms with van der Waals surface area (Å²) in [7, 11) is -0.195. The highest BCUT2D eigenvalue weighted by atomic mass is 28.3. The first-order valence-corrected chi connectivity index (χ1v) is 13.8. The summed E-state index contributed by atoms with van der Waals surface area (Å²) in [4.78, 5) is 26.1. The Balaban J connectivity index is 2.00. The van der Waals surface area contributed by atoms with E-state index in [1.165, 1.54) is 7.11 Å². The highest BCUT2D eigenvalue weighted by molar-refractivity contribution is 6.83. The van der Waals surface area contributed by atoms with Crippen LogP contribution in [0, 0.1) is 11.5 Å². The van der Waals surface area contributed by atoms with E-state index in [2.05, 4.69) is 31.1 Å². The molecule has 0 fully saturated rings. The molecule has 0 aliphatic rings. The lowest BCUT2D eigenvalue weighted by Crippen LogP contribution is -2.16. The molecule has 0 amide bonds. The Morgan fingerprint density at radius 1 is 0.970 bits per heavy atom. The number of fused-ring (bicyclic) bond motifs is 2. The number of rotatable bonds is 3. The average Bonchev–Trinajstić information content (AvgIpc) is 2.76. The summed E-state index contributed by atoms with van der Waals surface area (Å²) < 4.78 is 22.0. The minimum Gasteiger partial charge on any atom is -0.506 e. The van der Waals surface area contributed by atoms with Crippen LogP contribution >= 0.6 is 0 Å². The molecule has 5 aromatic rings. The Bertz CT molecular complexity index is 1740. The largest absolute Gasteiger partial charge is 0.506 e. The number of benzene rings is 3. The first-order chi connectivity index (χ1) is 15.7. The molecule has 0 aliphatic heterocycles. The Morgan fingerprint density at radius 2 is 1.76 bits per heavy atom. The number of methoxy groups -OCH3 is 1. The van der Waals surface area contributed by atoms with Crippen molar-refractivity contribution >= 4 is 51.6 Å². The normalized spacial score (nSPS) is 12.0. The van der Waals surface area contributed by atoms with E-state index in [0.29, 0.717) is 32.9 Å². The zero-order valence-corrected chi connectivity index (χ0v) is 19.5. The van der Waals surface area contributed by atoms with E-state index in [-0.39, 0.29) is 34.5 Å². The van der Waals surface area contributed by atoms with Crippen LogP contribution in [0.5, 0.6) is 11.5 Å². The van der Waals surface area contributed by atoms with Gasteiger partial charge < -0.3 is 23.4 Å². The van der Waals surface area contributed by atoms with Crippen molar-refractivity contribution in [1.29, 1.82) is 0 Å². The summed E-state index contributed by atoms with van der Waals surface area (Å²) in [6.45, 7) is 6.27. The predicted octanol–water partition coefficient (Wildman–Crippen LogP) is 4.56. The molecule has 0 aliphatic carbocycles. The Kier molecular flexibility index (Phi) is 4.70. The van der Waals surface area contributed by atoms with E-state index in [1.54, 1.807) is 30.3 Å². The summed E-state index contributed by atoms with van der Waals surface area (Å²) in [5.41, 5.74) is 2.80. The van der Waals surface area contributed by atoms with Crippen LogP contribution in [0.4, 0.5) is 0 Å². The number of hydrogen-bond donors (Lipinski definition) is 1. The smallest absolute Gasteiger partial charge is 0.348 e. The molecule has 2 aromatic heterocycles. The summed E-state index contributed by atoms with van der Waals surface area (Å²) in [5, 5.41) is 12.6. The molecule has 166 valence electrons. The zero-order chi connectivity index (χ0) is 23.5. The molecule has 7 nitrogen and oxygen atoms in total. The topological polar surface area (TPSA) is 99.1 Å². The molecular weight excluding hydrogens is 440 g/mol. The maximum atomic E-state index is 13.1. The molecule has 0 saturated heterocycles. The number of ether oxygens (including phenoxy) is 2. The number of phenols is 1. The lowest BCUT2D eigenvalue weighted by molar-refractivity contribution is 0.0522. The molecule has 33 heavy (non-hydrogen) atoms. The SMILES string of the molecule is COCOc1cccc2c(O)c3c(=O)oc4cc(C#C[Si](C)(C)C)cc5c(=O)oc(c12)c3c45. The van der Waals surface area contributed by atoms with Gasteiger partial charge in [-0.05, 0) is 18.2 Å². The van der Waals surface area contributed by atoms with Crippen LogP contribution in [0.2, 0.25) is 19.6 Å². The lowest BCUT2D eigenvalue weighted by atomic mass is 9.96. The quantitative estimate of drug-likeness (QED) is 0.105. The molecule has 8 heteroatoms. The number of hydrogen-bond acceptors (Lipinski definition) is 7. The fraction of sp³-hybridized carbons (Fsp3) is 0.200. The van der Waals surface area contributed by atoms with Crippen molar-refractivity contribution in [3.63, 3.8) is 0 Å². The standard InChI is InChI=1S/C25H20O7Si/c1-29-12-30-16-7-5-6-14-19(16)23-20-18-15(24(27)32-23)10-13(8-9-33(2,3)4)11-17(18)31-25(28)21(20)22(14)26/h5-7,10-11,26H,12H2,1-4H3. The zero-order valence-electron chi connectivity index (χ0n) is 18.5. The van der Waals surface area contributed by atoms with E-state index in [0.717, 1.165) is 0 Å². The molecule has 0 spiro atoms. The van der Waals surface area contributed by atoms with Crippen LogP contribution in [-0.2, 0) is 4.74 Å². The van der Waals surface area contributed by atoms with Gasteiger partial charge in [-0.3, -0.25) is 0 Å². The second-order valence-corrected chi connectivity index (χ2v) is 13.6. The van der Waals surface area contributed by atoms with Gasteiger partial charge in [-0.15, -0.1) is 5.54 Å². The lowest BCUT2D eigenvalue weighted by Gasteiger charge is -2.15. The predicted molar refractivity (Wildman–Crippen MR) is 129 cm³/mol. The summed E-state index contributed by atoms with van der Waals surface area (Å²) in [6.07, 6.45) is 0. The third-order valence-electron chi connectivity index (χ3n) is 5.31. The molecule has 0 atom stereocenters. The molecule has 0 saturated carbocycles. The fourth-order valence-corrected chi connectivity index (χ4v) is 4.50. The van der Waals surface area contributed by atoms with Crippen molar-refractivity contribution in [3.05, 3.63) is 56.7 Å². The van der Waals surface area contributed by atoms with Crippen molar-refractivity contribution < 1.29 is 23.4 Å². The van der Waals surface area contributed by atoms with Crippen molar-refractivity contribution in [2.45, 2.75) is 19.6 Å².